The van der Waals surface area contributed by atoms with Crippen LogP contribution in [0.25, 0.3) is 15.2 Å². The second-order valence-corrected chi connectivity index (χ2v) is 11.6. The molecule has 4 rings (SSSR count). The van der Waals surface area contributed by atoms with Crippen molar-refractivity contribution >= 4 is 27.5 Å². The number of carbonyl (C=O) groups excluding carboxylic acids is 1. The lowest BCUT2D eigenvalue weighted by Crippen LogP contribution is -2.57. The van der Waals surface area contributed by atoms with Gasteiger partial charge in [0.1, 0.15) is 32.5 Å². The molecule has 1 aromatic carbocycles. The monoisotopic (exact) mass is 588 g/mol. The predicted molar refractivity (Wildman–Crippen MR) is 151 cm³/mol. The van der Waals surface area contributed by atoms with Gasteiger partial charge in [-0.25, -0.2) is 13.8 Å². The molecule has 4 aromatic rings. The van der Waals surface area contributed by atoms with E-state index in [4.69, 9.17) is 4.74 Å². The van der Waals surface area contributed by atoms with Crippen molar-refractivity contribution < 1.29 is 24.1 Å². The number of fused-ring (bicyclic) bond motifs is 1. The molecule has 3 heterocycles. The van der Waals surface area contributed by atoms with E-state index in [1.807, 2.05) is 0 Å². The van der Waals surface area contributed by atoms with Crippen molar-refractivity contribution in [2.75, 3.05) is 13.7 Å². The minimum atomic E-state index is -2.02. The highest BCUT2D eigenvalue weighted by Gasteiger charge is 2.39. The van der Waals surface area contributed by atoms with Crippen LogP contribution in [0.2, 0.25) is 0 Å². The number of amides is 1. The van der Waals surface area contributed by atoms with Crippen LogP contribution in [0.15, 0.2) is 40.2 Å². The number of carbonyl (C=O) groups is 1. The lowest BCUT2D eigenvalue weighted by Gasteiger charge is -2.32. The molecule has 12 nitrogen and oxygen atoms in total. The number of hydrogen-bond acceptors (Lipinski definition) is 9. The highest BCUT2D eigenvalue weighted by molar-refractivity contribution is 7.21. The fraction of sp³-hybridized carbons (Fsp3) is 0.444. The predicted octanol–water partition coefficient (Wildman–Crippen LogP) is 1.79. The topological polar surface area (TPSA) is 154 Å². The number of methoxy groups -OCH3 is 1. The normalized spacial score (nSPS) is 13.5. The molecule has 41 heavy (non-hydrogen) atoms. The highest BCUT2D eigenvalue weighted by atomic mass is 32.1. The standard InChI is InChI=1S/C27H33FN6O6S/c1-15(2)31-24(37)26(4,5)33-21(36)20-16(3)22(34-29-10-11-30-34)41-23(20)32(25(33)38)14-27(39,9-12-35)18-13-17(28)7-8-19(18)40-6/h7-8,10-11,13,15,35,39H,9,12,14H2,1-6H3,(H,31,37)/t27-/m0/s1. The molecule has 0 radical (unpaired) electrons. The van der Waals surface area contributed by atoms with Crippen LogP contribution in [0.1, 0.15) is 45.2 Å². The molecule has 0 saturated carbocycles. The Bertz CT molecular complexity index is 1710. The number of aromatic nitrogens is 5. The summed E-state index contributed by atoms with van der Waals surface area (Å²) in [6.45, 7) is 7.08. The molecule has 3 aromatic heterocycles. The summed E-state index contributed by atoms with van der Waals surface area (Å²) in [6, 6.07) is 3.31. The Balaban J connectivity index is 2.09. The van der Waals surface area contributed by atoms with Crippen molar-refractivity contribution in [3.8, 4) is 10.8 Å². The lowest BCUT2D eigenvalue weighted by atomic mass is 9.89. The van der Waals surface area contributed by atoms with Gasteiger partial charge in [0.2, 0.25) is 5.91 Å². The summed E-state index contributed by atoms with van der Waals surface area (Å²) in [4.78, 5) is 43.0. The van der Waals surface area contributed by atoms with E-state index in [2.05, 4.69) is 15.5 Å². The second-order valence-electron chi connectivity index (χ2n) is 10.6. The first-order chi connectivity index (χ1) is 19.3. The largest absolute Gasteiger partial charge is 0.496 e. The molecule has 1 atom stereocenters. The number of nitrogens with one attached hydrogen (secondary N) is 1. The molecule has 0 fully saturated rings. The molecular formula is C27H33FN6O6S. The number of benzene rings is 1. The number of aliphatic hydroxyl groups excluding tert-OH is 1. The minimum absolute atomic E-state index is 0.00547. The summed E-state index contributed by atoms with van der Waals surface area (Å²) in [7, 11) is 1.35. The van der Waals surface area contributed by atoms with Gasteiger partial charge in [-0.15, -0.1) is 4.80 Å². The van der Waals surface area contributed by atoms with E-state index >= 15 is 0 Å². The fourth-order valence-electron chi connectivity index (χ4n) is 4.81. The number of nitrogens with zero attached hydrogens (tertiary/aromatic N) is 5. The Labute approximate surface area is 238 Å². The van der Waals surface area contributed by atoms with Crippen LogP contribution in [-0.4, -0.2) is 60.0 Å². The zero-order valence-corrected chi connectivity index (χ0v) is 24.5. The van der Waals surface area contributed by atoms with Gasteiger partial charge >= 0.3 is 5.69 Å². The van der Waals surface area contributed by atoms with Crippen LogP contribution in [0.4, 0.5) is 4.39 Å². The molecule has 14 heteroatoms. The van der Waals surface area contributed by atoms with Crippen molar-refractivity contribution in [3.63, 3.8) is 0 Å². The van der Waals surface area contributed by atoms with Gasteiger partial charge in [-0.1, -0.05) is 11.3 Å². The Morgan fingerprint density at radius 2 is 1.88 bits per heavy atom. The third-order valence-corrected chi connectivity index (χ3v) is 8.21. The van der Waals surface area contributed by atoms with Crippen LogP contribution in [0.3, 0.4) is 0 Å². The average molecular weight is 589 g/mol. The van der Waals surface area contributed by atoms with Gasteiger partial charge in [0, 0.05) is 30.2 Å². The van der Waals surface area contributed by atoms with Crippen molar-refractivity contribution in [2.45, 2.75) is 64.8 Å². The Morgan fingerprint density at radius 1 is 1.22 bits per heavy atom. The Kier molecular flexibility index (Phi) is 8.21. The number of halogens is 1. The van der Waals surface area contributed by atoms with Gasteiger partial charge in [-0.05, 0) is 52.8 Å². The molecule has 1 amide bonds. The van der Waals surface area contributed by atoms with Gasteiger partial charge in [0.15, 0.2) is 0 Å². The number of ether oxygens (including phenoxy) is 1. The molecule has 0 bridgehead atoms. The van der Waals surface area contributed by atoms with Crippen molar-refractivity contribution in [1.82, 2.24) is 29.4 Å². The van der Waals surface area contributed by atoms with Crippen LogP contribution in [-0.2, 0) is 22.5 Å². The highest BCUT2D eigenvalue weighted by Crippen LogP contribution is 2.37. The number of aliphatic hydroxyl groups is 2. The maximum absolute atomic E-state index is 14.4. The van der Waals surface area contributed by atoms with Crippen molar-refractivity contribution in [3.05, 3.63) is 68.4 Å². The van der Waals surface area contributed by atoms with Crippen molar-refractivity contribution in [1.29, 1.82) is 0 Å². The summed E-state index contributed by atoms with van der Waals surface area (Å²) in [5, 5.41) is 33.5. The zero-order chi connectivity index (χ0) is 30.3. The summed E-state index contributed by atoms with van der Waals surface area (Å²) >= 11 is 1.05. The first-order valence-corrected chi connectivity index (χ1v) is 13.7. The van der Waals surface area contributed by atoms with E-state index < -0.39 is 47.3 Å². The summed E-state index contributed by atoms with van der Waals surface area (Å²) in [6.07, 6.45) is 2.63. The number of rotatable bonds is 10. The molecular weight excluding hydrogens is 555 g/mol. The molecule has 0 aliphatic heterocycles. The first-order valence-electron chi connectivity index (χ1n) is 12.9. The van der Waals surface area contributed by atoms with Gasteiger partial charge in [0.25, 0.3) is 5.56 Å². The molecule has 0 aliphatic carbocycles. The van der Waals surface area contributed by atoms with Gasteiger partial charge in [-0.3, -0.25) is 14.2 Å². The van der Waals surface area contributed by atoms with Crippen LogP contribution in [0.5, 0.6) is 5.75 Å². The van der Waals surface area contributed by atoms with E-state index in [1.165, 1.54) is 48.8 Å². The summed E-state index contributed by atoms with van der Waals surface area (Å²) < 4.78 is 21.8. The average Bonchev–Trinajstić information content (AvgIpc) is 3.54. The van der Waals surface area contributed by atoms with Gasteiger partial charge in [-0.2, -0.15) is 10.2 Å². The van der Waals surface area contributed by atoms with Gasteiger partial charge < -0.3 is 20.3 Å². The van der Waals surface area contributed by atoms with E-state index in [0.29, 0.717) is 10.6 Å². The van der Waals surface area contributed by atoms with E-state index in [-0.39, 0.29) is 34.0 Å². The first kappa shape index (κ1) is 30.1. The summed E-state index contributed by atoms with van der Waals surface area (Å²) in [5.74, 6) is -1.08. The van der Waals surface area contributed by atoms with E-state index in [9.17, 15) is 29.0 Å². The quantitative estimate of drug-likeness (QED) is 0.254. The number of hydrogen-bond donors (Lipinski definition) is 3. The maximum Gasteiger partial charge on any atom is 0.333 e. The fourth-order valence-corrected chi connectivity index (χ4v) is 6.02. The van der Waals surface area contributed by atoms with Crippen LogP contribution < -0.4 is 21.3 Å². The smallest absolute Gasteiger partial charge is 0.333 e. The number of thiophene rings is 1. The summed E-state index contributed by atoms with van der Waals surface area (Å²) in [5.41, 5.74) is -4.77. The maximum atomic E-state index is 14.4. The van der Waals surface area contributed by atoms with Gasteiger partial charge in [0.05, 0.1) is 31.4 Å². The van der Waals surface area contributed by atoms with Crippen LogP contribution >= 0.6 is 11.3 Å². The SMILES string of the molecule is COc1ccc(F)cc1[C@](O)(CCO)Cn1c(=O)n(C(C)(C)C(=O)NC(C)C)c(=O)c2c(C)c(-n3nccn3)sc21. The van der Waals surface area contributed by atoms with Crippen molar-refractivity contribution in [2.24, 2.45) is 0 Å². The molecule has 0 unspecified atom stereocenters. The van der Waals surface area contributed by atoms with Crippen LogP contribution in [0, 0.1) is 12.7 Å². The third kappa shape index (κ3) is 5.29. The third-order valence-electron chi connectivity index (χ3n) is 6.93. The molecule has 0 aliphatic rings. The second kappa shape index (κ2) is 11.2. The number of aryl methyl sites for hydroxylation is 1. The Morgan fingerprint density at radius 3 is 2.46 bits per heavy atom. The lowest BCUT2D eigenvalue weighted by molar-refractivity contribution is -0.129. The molecule has 220 valence electrons. The zero-order valence-electron chi connectivity index (χ0n) is 23.6. The Hall–Kier alpha value is -3.88. The molecule has 0 spiro atoms. The molecule has 0 saturated heterocycles. The van der Waals surface area contributed by atoms with E-state index in [0.717, 1.165) is 28.0 Å². The minimum Gasteiger partial charge on any atom is -0.496 e. The van der Waals surface area contributed by atoms with E-state index in [1.54, 1.807) is 20.8 Å². The molecule has 3 N–H and O–H groups in total.